The summed E-state index contributed by atoms with van der Waals surface area (Å²) in [6.07, 6.45) is 4.88. The molecule has 116 valence electrons. The molecule has 1 aliphatic carbocycles. The lowest BCUT2D eigenvalue weighted by Gasteiger charge is -2.04. The quantitative estimate of drug-likeness (QED) is 0.402. The molecule has 0 N–H and O–H groups in total. The Morgan fingerprint density at radius 2 is 2.13 bits per heavy atom. The van der Waals surface area contributed by atoms with E-state index in [0.29, 0.717) is 0 Å². The van der Waals surface area contributed by atoms with E-state index >= 15 is 0 Å². The Hall–Kier alpha value is -1.79. The number of aromatic nitrogens is 2. The number of rotatable bonds is 4. The average Bonchev–Trinajstić information content (AvgIpc) is 3.13. The van der Waals surface area contributed by atoms with Crippen LogP contribution >= 0.6 is 23.1 Å². The van der Waals surface area contributed by atoms with Crippen molar-refractivity contribution in [2.75, 3.05) is 5.75 Å². The second-order valence-corrected chi connectivity index (χ2v) is 7.46. The van der Waals surface area contributed by atoms with Gasteiger partial charge in [0.15, 0.2) is 5.78 Å². The zero-order valence-electron chi connectivity index (χ0n) is 12.2. The van der Waals surface area contributed by atoms with Gasteiger partial charge in [-0.25, -0.2) is 14.4 Å². The Bertz CT molecular complexity index is 907. The molecule has 0 fully saturated rings. The summed E-state index contributed by atoms with van der Waals surface area (Å²) in [6.45, 7) is 0. The fourth-order valence-electron chi connectivity index (χ4n) is 2.91. The number of nitrogens with zero attached hydrogens (tertiary/aromatic N) is 2. The predicted molar refractivity (Wildman–Crippen MR) is 90.9 cm³/mol. The van der Waals surface area contributed by atoms with E-state index in [9.17, 15) is 9.18 Å². The van der Waals surface area contributed by atoms with Crippen LogP contribution in [0.2, 0.25) is 0 Å². The van der Waals surface area contributed by atoms with Crippen molar-refractivity contribution >= 4 is 39.1 Å². The molecular formula is C17H13FN2OS2. The van der Waals surface area contributed by atoms with E-state index < -0.39 is 5.82 Å². The fraction of sp³-hybridized carbons (Fsp3) is 0.235. The standard InChI is InChI=1S/C17H13FN2OS2/c18-12-6-2-1-4-10(12)13(21)8-22-16-15-11-5-3-7-14(11)23-17(15)20-9-19-16/h1-2,4,6,9H,3,5,7-8H2. The Balaban J connectivity index is 1.61. The number of fused-ring (bicyclic) bond motifs is 3. The predicted octanol–water partition coefficient (Wildman–Crippen LogP) is 4.29. The zero-order valence-corrected chi connectivity index (χ0v) is 13.8. The van der Waals surface area contributed by atoms with E-state index in [2.05, 4.69) is 9.97 Å². The van der Waals surface area contributed by atoms with Crippen molar-refractivity contribution in [1.29, 1.82) is 0 Å². The van der Waals surface area contributed by atoms with Crippen LogP contribution in [0.1, 0.15) is 27.2 Å². The molecule has 0 saturated heterocycles. The Kier molecular flexibility index (Phi) is 3.87. The van der Waals surface area contributed by atoms with E-state index in [1.165, 1.54) is 40.8 Å². The Morgan fingerprint density at radius 1 is 1.26 bits per heavy atom. The summed E-state index contributed by atoms with van der Waals surface area (Å²) in [5.41, 5.74) is 1.48. The first-order valence-corrected chi connectivity index (χ1v) is 9.20. The highest BCUT2D eigenvalue weighted by molar-refractivity contribution is 8.00. The number of thiophene rings is 1. The number of benzene rings is 1. The van der Waals surface area contributed by atoms with Crippen LogP contribution in [0.15, 0.2) is 35.6 Å². The summed E-state index contributed by atoms with van der Waals surface area (Å²) >= 11 is 3.10. The second kappa shape index (κ2) is 6.02. The van der Waals surface area contributed by atoms with E-state index in [4.69, 9.17) is 0 Å². The number of Topliss-reactive ketones (excluding diaryl/α,β-unsaturated/α-hetero) is 1. The van der Waals surface area contributed by atoms with Gasteiger partial charge in [-0.3, -0.25) is 4.79 Å². The number of ketones is 1. The molecule has 0 spiro atoms. The van der Waals surface area contributed by atoms with Gasteiger partial charge in [0, 0.05) is 10.3 Å². The molecular weight excluding hydrogens is 331 g/mol. The van der Waals surface area contributed by atoms with E-state index in [-0.39, 0.29) is 17.1 Å². The second-order valence-electron chi connectivity index (χ2n) is 5.41. The highest BCUT2D eigenvalue weighted by Crippen LogP contribution is 2.40. The molecule has 0 atom stereocenters. The Labute approximate surface area is 141 Å². The molecule has 23 heavy (non-hydrogen) atoms. The van der Waals surface area contributed by atoms with Crippen LogP contribution in [-0.4, -0.2) is 21.5 Å². The molecule has 2 aromatic heterocycles. The molecule has 6 heteroatoms. The van der Waals surface area contributed by atoms with Crippen LogP contribution in [0, 0.1) is 5.82 Å². The zero-order chi connectivity index (χ0) is 15.8. The molecule has 0 bridgehead atoms. The summed E-state index contributed by atoms with van der Waals surface area (Å²) in [6, 6.07) is 6.10. The summed E-state index contributed by atoms with van der Waals surface area (Å²) < 4.78 is 13.7. The third-order valence-corrected chi connectivity index (χ3v) is 6.17. The van der Waals surface area contributed by atoms with Crippen molar-refractivity contribution in [1.82, 2.24) is 9.97 Å². The molecule has 0 unspecified atom stereocenters. The van der Waals surface area contributed by atoms with Crippen LogP contribution in [0.25, 0.3) is 10.2 Å². The first-order chi connectivity index (χ1) is 11.2. The van der Waals surface area contributed by atoms with Gasteiger partial charge in [0.05, 0.1) is 11.3 Å². The molecule has 0 radical (unpaired) electrons. The monoisotopic (exact) mass is 344 g/mol. The average molecular weight is 344 g/mol. The van der Waals surface area contributed by atoms with Gasteiger partial charge in [0.25, 0.3) is 0 Å². The maximum Gasteiger partial charge on any atom is 0.176 e. The minimum Gasteiger partial charge on any atom is -0.293 e. The fourth-order valence-corrected chi connectivity index (χ4v) is 5.11. The van der Waals surface area contributed by atoms with Gasteiger partial charge in [0.2, 0.25) is 0 Å². The van der Waals surface area contributed by atoms with E-state index in [0.717, 1.165) is 28.1 Å². The minimum absolute atomic E-state index is 0.140. The van der Waals surface area contributed by atoms with Gasteiger partial charge < -0.3 is 0 Å². The topological polar surface area (TPSA) is 42.9 Å². The minimum atomic E-state index is -0.470. The molecule has 4 rings (SSSR count). The maximum atomic E-state index is 13.7. The maximum absolute atomic E-state index is 13.7. The molecule has 3 aromatic rings. The number of thioether (sulfide) groups is 1. The van der Waals surface area contributed by atoms with E-state index in [1.54, 1.807) is 29.8 Å². The lowest BCUT2D eigenvalue weighted by molar-refractivity contribution is 0.101. The lowest BCUT2D eigenvalue weighted by Crippen LogP contribution is -2.05. The van der Waals surface area contributed by atoms with Crippen LogP contribution in [0.5, 0.6) is 0 Å². The summed E-state index contributed by atoms with van der Waals surface area (Å²) in [5, 5.41) is 1.93. The normalized spacial score (nSPS) is 13.4. The smallest absolute Gasteiger partial charge is 0.176 e. The van der Waals surface area contributed by atoms with Gasteiger partial charge in [-0.1, -0.05) is 23.9 Å². The van der Waals surface area contributed by atoms with Crippen LogP contribution in [0.3, 0.4) is 0 Å². The third kappa shape index (κ3) is 2.66. The Morgan fingerprint density at radius 3 is 3.00 bits per heavy atom. The highest BCUT2D eigenvalue weighted by Gasteiger charge is 2.22. The first-order valence-electron chi connectivity index (χ1n) is 7.40. The van der Waals surface area contributed by atoms with Crippen molar-refractivity contribution < 1.29 is 9.18 Å². The van der Waals surface area contributed by atoms with Crippen molar-refractivity contribution in [3.8, 4) is 0 Å². The van der Waals surface area contributed by atoms with Crippen molar-refractivity contribution in [2.45, 2.75) is 24.3 Å². The molecule has 1 aliphatic rings. The van der Waals surface area contributed by atoms with Gasteiger partial charge in [-0.05, 0) is 37.0 Å². The number of carbonyl (C=O) groups is 1. The summed E-state index contributed by atoms with van der Waals surface area (Å²) in [4.78, 5) is 23.3. The van der Waals surface area contributed by atoms with Crippen molar-refractivity contribution in [2.24, 2.45) is 0 Å². The molecule has 0 saturated carbocycles. The molecule has 2 heterocycles. The number of halogens is 1. The molecule has 0 amide bonds. The highest BCUT2D eigenvalue weighted by atomic mass is 32.2. The van der Waals surface area contributed by atoms with E-state index in [1.807, 2.05) is 0 Å². The molecule has 1 aromatic carbocycles. The number of hydrogen-bond donors (Lipinski definition) is 0. The van der Waals surface area contributed by atoms with Crippen LogP contribution in [0.4, 0.5) is 4.39 Å². The number of aryl methyl sites for hydroxylation is 2. The third-order valence-electron chi connectivity index (χ3n) is 3.98. The SMILES string of the molecule is O=C(CSc1ncnc2sc3c(c12)CCC3)c1ccccc1F. The van der Waals surface area contributed by atoms with Crippen molar-refractivity contribution in [3.05, 3.63) is 52.4 Å². The largest absolute Gasteiger partial charge is 0.293 e. The van der Waals surface area contributed by atoms with Gasteiger partial charge in [-0.15, -0.1) is 11.3 Å². The first kappa shape index (κ1) is 14.8. The molecule has 3 nitrogen and oxygen atoms in total. The number of carbonyl (C=O) groups excluding carboxylic acids is 1. The van der Waals surface area contributed by atoms with Crippen molar-refractivity contribution in [3.63, 3.8) is 0 Å². The van der Waals surface area contributed by atoms with Gasteiger partial charge in [0.1, 0.15) is 22.0 Å². The van der Waals surface area contributed by atoms with Gasteiger partial charge >= 0.3 is 0 Å². The summed E-state index contributed by atoms with van der Waals surface area (Å²) in [5.74, 6) is -0.508. The van der Waals surface area contributed by atoms with Gasteiger partial charge in [-0.2, -0.15) is 0 Å². The lowest BCUT2D eigenvalue weighted by atomic mass is 10.1. The van der Waals surface area contributed by atoms with Crippen LogP contribution in [-0.2, 0) is 12.8 Å². The van der Waals surface area contributed by atoms with Crippen LogP contribution < -0.4 is 0 Å². The number of hydrogen-bond acceptors (Lipinski definition) is 5. The molecule has 0 aliphatic heterocycles. The summed E-state index contributed by atoms with van der Waals surface area (Å²) in [7, 11) is 0.